The molecule has 22 heavy (non-hydrogen) atoms. The second-order valence-corrected chi connectivity index (χ2v) is 5.55. The van der Waals surface area contributed by atoms with E-state index in [1.807, 2.05) is 57.2 Å². The molecule has 118 valence electrons. The molecule has 0 saturated heterocycles. The van der Waals surface area contributed by atoms with Gasteiger partial charge in [-0.05, 0) is 38.8 Å². The van der Waals surface area contributed by atoms with E-state index in [-0.39, 0.29) is 11.9 Å². The van der Waals surface area contributed by atoms with Gasteiger partial charge in [-0.25, -0.2) is 0 Å². The van der Waals surface area contributed by atoms with Gasteiger partial charge >= 0.3 is 0 Å². The van der Waals surface area contributed by atoms with Crippen molar-refractivity contribution in [2.24, 2.45) is 0 Å². The maximum Gasteiger partial charge on any atom is 0.244 e. The summed E-state index contributed by atoms with van der Waals surface area (Å²) in [4.78, 5) is 12.2. The molecule has 2 rings (SSSR count). The van der Waals surface area contributed by atoms with Crippen molar-refractivity contribution in [2.45, 2.75) is 39.3 Å². The number of hydrogen-bond donors (Lipinski definition) is 2. The number of rotatable bonds is 6. The standard InChI is InChI=1S/C17H23N3O2/c1-12-11-13(2)20(19-12)14(3)17(22)18-10-9-16(21)15-7-5-4-6-8-15/h4-8,11,14,16,21H,9-10H2,1-3H3,(H,18,22). The first-order valence-electron chi connectivity index (χ1n) is 7.52. The highest BCUT2D eigenvalue weighted by atomic mass is 16.3. The molecule has 0 radical (unpaired) electrons. The first kappa shape index (κ1) is 16.2. The van der Waals surface area contributed by atoms with E-state index in [4.69, 9.17) is 0 Å². The van der Waals surface area contributed by atoms with Gasteiger partial charge in [0.15, 0.2) is 0 Å². The van der Waals surface area contributed by atoms with Crippen LogP contribution in [0, 0.1) is 13.8 Å². The lowest BCUT2D eigenvalue weighted by molar-refractivity contribution is -0.124. The minimum atomic E-state index is -0.564. The summed E-state index contributed by atoms with van der Waals surface area (Å²) in [6.07, 6.45) is -0.0787. The highest BCUT2D eigenvalue weighted by Crippen LogP contribution is 2.15. The Morgan fingerprint density at radius 3 is 2.59 bits per heavy atom. The maximum absolute atomic E-state index is 12.2. The van der Waals surface area contributed by atoms with Gasteiger partial charge < -0.3 is 10.4 Å². The third-order valence-electron chi connectivity index (χ3n) is 3.69. The summed E-state index contributed by atoms with van der Waals surface area (Å²) in [6, 6.07) is 11.0. The molecule has 0 aliphatic rings. The topological polar surface area (TPSA) is 67.2 Å². The van der Waals surface area contributed by atoms with Gasteiger partial charge in [0.05, 0.1) is 11.8 Å². The largest absolute Gasteiger partial charge is 0.388 e. The number of aromatic nitrogens is 2. The van der Waals surface area contributed by atoms with Gasteiger partial charge in [0.2, 0.25) is 5.91 Å². The molecule has 1 heterocycles. The van der Waals surface area contributed by atoms with Gasteiger partial charge in [0.25, 0.3) is 0 Å². The molecule has 0 fully saturated rings. The summed E-state index contributed by atoms with van der Waals surface area (Å²) in [5.41, 5.74) is 2.73. The van der Waals surface area contributed by atoms with Crippen molar-refractivity contribution in [3.8, 4) is 0 Å². The molecule has 0 bridgehead atoms. The van der Waals surface area contributed by atoms with Crippen molar-refractivity contribution in [3.05, 3.63) is 53.3 Å². The number of carbonyl (C=O) groups excluding carboxylic acids is 1. The second kappa shape index (κ2) is 7.22. The van der Waals surface area contributed by atoms with Crippen LogP contribution in [0.15, 0.2) is 36.4 Å². The van der Waals surface area contributed by atoms with E-state index in [0.717, 1.165) is 17.0 Å². The molecule has 2 atom stereocenters. The number of aliphatic hydroxyl groups is 1. The predicted molar refractivity (Wildman–Crippen MR) is 85.4 cm³/mol. The summed E-state index contributed by atoms with van der Waals surface area (Å²) in [5, 5.41) is 17.3. The average molecular weight is 301 g/mol. The van der Waals surface area contributed by atoms with E-state index in [2.05, 4.69) is 10.4 Å². The van der Waals surface area contributed by atoms with Crippen molar-refractivity contribution < 1.29 is 9.90 Å². The van der Waals surface area contributed by atoms with Crippen molar-refractivity contribution in [1.82, 2.24) is 15.1 Å². The Bertz CT molecular complexity index is 622. The van der Waals surface area contributed by atoms with Crippen LogP contribution in [-0.4, -0.2) is 27.3 Å². The molecule has 2 N–H and O–H groups in total. The quantitative estimate of drug-likeness (QED) is 0.860. The highest BCUT2D eigenvalue weighted by Gasteiger charge is 2.17. The summed E-state index contributed by atoms with van der Waals surface area (Å²) in [7, 11) is 0. The lowest BCUT2D eigenvalue weighted by atomic mass is 10.1. The number of amides is 1. The van der Waals surface area contributed by atoms with Gasteiger partial charge in [-0.2, -0.15) is 5.10 Å². The molecule has 2 unspecified atom stereocenters. The lowest BCUT2D eigenvalue weighted by Crippen LogP contribution is -2.33. The summed E-state index contributed by atoms with van der Waals surface area (Å²) >= 11 is 0. The Morgan fingerprint density at radius 2 is 2.00 bits per heavy atom. The number of nitrogens with zero attached hydrogens (tertiary/aromatic N) is 2. The zero-order valence-corrected chi connectivity index (χ0v) is 13.3. The smallest absolute Gasteiger partial charge is 0.244 e. The van der Waals surface area contributed by atoms with E-state index in [1.165, 1.54) is 0 Å². The van der Waals surface area contributed by atoms with Gasteiger partial charge in [-0.3, -0.25) is 9.48 Å². The molecule has 1 aromatic heterocycles. The van der Waals surface area contributed by atoms with Crippen molar-refractivity contribution >= 4 is 5.91 Å². The number of aryl methyl sites for hydroxylation is 2. The maximum atomic E-state index is 12.2. The Balaban J connectivity index is 1.84. The van der Waals surface area contributed by atoms with Crippen LogP contribution in [0.5, 0.6) is 0 Å². The van der Waals surface area contributed by atoms with Crippen LogP contribution in [0.4, 0.5) is 0 Å². The number of carbonyl (C=O) groups is 1. The van der Waals surface area contributed by atoms with Crippen LogP contribution < -0.4 is 5.32 Å². The summed E-state index contributed by atoms with van der Waals surface area (Å²) in [5.74, 6) is -0.0912. The van der Waals surface area contributed by atoms with Crippen molar-refractivity contribution in [2.75, 3.05) is 6.54 Å². The number of hydrogen-bond acceptors (Lipinski definition) is 3. The fraction of sp³-hybridized carbons (Fsp3) is 0.412. The second-order valence-electron chi connectivity index (χ2n) is 5.55. The number of benzene rings is 1. The van der Waals surface area contributed by atoms with Crippen LogP contribution in [0.3, 0.4) is 0 Å². The van der Waals surface area contributed by atoms with Crippen molar-refractivity contribution in [1.29, 1.82) is 0 Å². The monoisotopic (exact) mass is 301 g/mol. The third kappa shape index (κ3) is 3.95. The van der Waals surface area contributed by atoms with Gasteiger partial charge in [-0.15, -0.1) is 0 Å². The van der Waals surface area contributed by atoms with E-state index in [0.29, 0.717) is 13.0 Å². The minimum Gasteiger partial charge on any atom is -0.388 e. The fourth-order valence-corrected chi connectivity index (χ4v) is 2.47. The normalized spacial score (nSPS) is 13.6. The molecule has 5 heteroatoms. The van der Waals surface area contributed by atoms with Gasteiger partial charge in [-0.1, -0.05) is 30.3 Å². The molecule has 0 aliphatic carbocycles. The van der Waals surface area contributed by atoms with Crippen LogP contribution >= 0.6 is 0 Å². The molecule has 1 amide bonds. The molecule has 1 aromatic carbocycles. The van der Waals surface area contributed by atoms with Crippen LogP contribution in [0.1, 0.15) is 42.4 Å². The van der Waals surface area contributed by atoms with E-state index in [9.17, 15) is 9.90 Å². The van der Waals surface area contributed by atoms with Gasteiger partial charge in [0.1, 0.15) is 6.04 Å². The number of nitrogens with one attached hydrogen (secondary N) is 1. The van der Waals surface area contributed by atoms with E-state index < -0.39 is 6.10 Å². The van der Waals surface area contributed by atoms with Crippen LogP contribution in [0.25, 0.3) is 0 Å². The lowest BCUT2D eigenvalue weighted by Gasteiger charge is -2.16. The predicted octanol–water partition coefficient (Wildman–Crippen LogP) is 2.30. The first-order chi connectivity index (χ1) is 10.5. The fourth-order valence-electron chi connectivity index (χ4n) is 2.47. The third-order valence-corrected chi connectivity index (χ3v) is 3.69. The van der Waals surface area contributed by atoms with Crippen molar-refractivity contribution in [3.63, 3.8) is 0 Å². The van der Waals surface area contributed by atoms with E-state index >= 15 is 0 Å². The number of aliphatic hydroxyl groups excluding tert-OH is 1. The summed E-state index contributed by atoms with van der Waals surface area (Å²) in [6.45, 7) is 6.09. The summed E-state index contributed by atoms with van der Waals surface area (Å²) < 4.78 is 1.72. The Kier molecular flexibility index (Phi) is 5.33. The molecule has 0 saturated carbocycles. The molecule has 5 nitrogen and oxygen atoms in total. The molecule has 2 aromatic rings. The molecular formula is C17H23N3O2. The average Bonchev–Trinajstić information content (AvgIpc) is 2.85. The first-order valence-corrected chi connectivity index (χ1v) is 7.52. The molecular weight excluding hydrogens is 278 g/mol. The zero-order valence-electron chi connectivity index (χ0n) is 13.3. The molecule has 0 aliphatic heterocycles. The zero-order chi connectivity index (χ0) is 16.1. The minimum absolute atomic E-state index is 0.0912. The Hall–Kier alpha value is -2.14. The van der Waals surface area contributed by atoms with E-state index in [1.54, 1.807) is 4.68 Å². The van der Waals surface area contributed by atoms with Crippen LogP contribution in [0.2, 0.25) is 0 Å². The van der Waals surface area contributed by atoms with Crippen LogP contribution in [-0.2, 0) is 4.79 Å². The Labute approximate surface area is 131 Å². The van der Waals surface area contributed by atoms with Gasteiger partial charge in [0, 0.05) is 12.2 Å². The highest BCUT2D eigenvalue weighted by molar-refractivity contribution is 5.79. The Morgan fingerprint density at radius 1 is 1.32 bits per heavy atom. The SMILES string of the molecule is Cc1cc(C)n(C(C)C(=O)NCCC(O)c2ccccc2)n1. The molecule has 0 spiro atoms.